The van der Waals surface area contributed by atoms with Gasteiger partial charge in [0.05, 0.1) is 17.0 Å². The second kappa shape index (κ2) is 7.64. The van der Waals surface area contributed by atoms with Crippen LogP contribution >= 0.6 is 23.2 Å². The first kappa shape index (κ1) is 19.6. The van der Waals surface area contributed by atoms with Gasteiger partial charge in [-0.1, -0.05) is 29.3 Å². The topological polar surface area (TPSA) is 66.5 Å². The Morgan fingerprint density at radius 1 is 1.08 bits per heavy atom. The zero-order valence-electron chi connectivity index (χ0n) is 14.0. The van der Waals surface area contributed by atoms with Gasteiger partial charge in [-0.3, -0.25) is 9.10 Å². The first-order chi connectivity index (χ1) is 11.6. The smallest absolute Gasteiger partial charge is 0.245 e. The third-order valence-electron chi connectivity index (χ3n) is 3.37. The van der Waals surface area contributed by atoms with Gasteiger partial charge in [-0.2, -0.15) is 0 Å². The fourth-order valence-electron chi connectivity index (χ4n) is 2.44. The molecule has 0 spiro atoms. The lowest BCUT2D eigenvalue weighted by Gasteiger charge is -2.23. The van der Waals surface area contributed by atoms with Gasteiger partial charge >= 0.3 is 0 Å². The van der Waals surface area contributed by atoms with Gasteiger partial charge in [-0.25, -0.2) is 8.42 Å². The molecule has 0 aliphatic rings. The molecule has 2 rings (SSSR count). The van der Waals surface area contributed by atoms with E-state index in [1.54, 1.807) is 0 Å². The van der Waals surface area contributed by atoms with Gasteiger partial charge in [-0.15, -0.1) is 0 Å². The van der Waals surface area contributed by atoms with Gasteiger partial charge in [0, 0.05) is 10.7 Å². The summed E-state index contributed by atoms with van der Waals surface area (Å²) in [4.78, 5) is 12.4. The number of sulfonamides is 1. The van der Waals surface area contributed by atoms with Crippen molar-refractivity contribution in [2.75, 3.05) is 22.4 Å². The van der Waals surface area contributed by atoms with Crippen LogP contribution in [0.25, 0.3) is 0 Å². The Labute approximate surface area is 157 Å². The van der Waals surface area contributed by atoms with Crippen LogP contribution in [0, 0.1) is 13.8 Å². The highest BCUT2D eigenvalue weighted by Gasteiger charge is 2.23. The molecule has 5 nitrogen and oxygen atoms in total. The van der Waals surface area contributed by atoms with E-state index in [4.69, 9.17) is 23.2 Å². The van der Waals surface area contributed by atoms with Gasteiger partial charge in [0.25, 0.3) is 0 Å². The molecule has 25 heavy (non-hydrogen) atoms. The third kappa shape index (κ3) is 5.36. The lowest BCUT2D eigenvalue weighted by Crippen LogP contribution is -2.37. The Morgan fingerprint density at radius 3 is 2.20 bits per heavy atom. The number of rotatable bonds is 5. The van der Waals surface area contributed by atoms with Crippen molar-refractivity contribution in [2.45, 2.75) is 13.8 Å². The molecule has 2 aromatic carbocycles. The number of nitrogens with zero attached hydrogens (tertiary/aromatic N) is 1. The molecule has 8 heteroatoms. The average molecular weight is 401 g/mol. The lowest BCUT2D eigenvalue weighted by molar-refractivity contribution is -0.114. The molecule has 1 N–H and O–H groups in total. The summed E-state index contributed by atoms with van der Waals surface area (Å²) >= 11 is 11.9. The summed E-state index contributed by atoms with van der Waals surface area (Å²) in [5.74, 6) is -0.471. The zero-order chi connectivity index (χ0) is 18.8. The van der Waals surface area contributed by atoms with Crippen LogP contribution in [0.15, 0.2) is 36.4 Å². The highest BCUT2D eigenvalue weighted by molar-refractivity contribution is 7.92. The van der Waals surface area contributed by atoms with E-state index in [0.29, 0.717) is 10.7 Å². The highest BCUT2D eigenvalue weighted by atomic mass is 35.5. The van der Waals surface area contributed by atoms with Crippen molar-refractivity contribution in [3.8, 4) is 0 Å². The summed E-state index contributed by atoms with van der Waals surface area (Å²) in [6, 6.07) is 10.0. The van der Waals surface area contributed by atoms with E-state index in [2.05, 4.69) is 5.32 Å². The number of amides is 1. The summed E-state index contributed by atoms with van der Waals surface area (Å²) in [6.45, 7) is 3.44. The molecule has 134 valence electrons. The van der Waals surface area contributed by atoms with Gasteiger partial charge in [-0.05, 0) is 55.3 Å². The summed E-state index contributed by atoms with van der Waals surface area (Å²) in [5, 5.41) is 3.24. The van der Waals surface area contributed by atoms with Crippen molar-refractivity contribution >= 4 is 50.5 Å². The van der Waals surface area contributed by atoms with E-state index >= 15 is 0 Å². The summed E-state index contributed by atoms with van der Waals surface area (Å²) in [5.41, 5.74) is 2.80. The Bertz CT molecular complexity index is 894. The molecule has 0 saturated heterocycles. The van der Waals surface area contributed by atoms with E-state index in [0.717, 1.165) is 21.7 Å². The van der Waals surface area contributed by atoms with Crippen LogP contribution in [0.2, 0.25) is 10.0 Å². The molecule has 0 heterocycles. The Balaban J connectivity index is 2.27. The van der Waals surface area contributed by atoms with Crippen LogP contribution in [0.4, 0.5) is 11.4 Å². The molecule has 0 aliphatic heterocycles. The number of benzene rings is 2. The van der Waals surface area contributed by atoms with Crippen LogP contribution in [-0.2, 0) is 14.8 Å². The van der Waals surface area contributed by atoms with E-state index in [9.17, 15) is 13.2 Å². The van der Waals surface area contributed by atoms with Crippen molar-refractivity contribution in [3.63, 3.8) is 0 Å². The normalized spacial score (nSPS) is 11.2. The van der Waals surface area contributed by atoms with Crippen LogP contribution in [0.1, 0.15) is 11.1 Å². The quantitative estimate of drug-likeness (QED) is 0.823. The molecule has 0 fully saturated rings. The predicted molar refractivity (Wildman–Crippen MR) is 103 cm³/mol. The molecular formula is C17H18Cl2N2O3S. The number of aryl methyl sites for hydroxylation is 2. The number of carbonyl (C=O) groups excluding carboxylic acids is 1. The van der Waals surface area contributed by atoms with E-state index in [1.807, 2.05) is 32.0 Å². The average Bonchev–Trinajstić information content (AvgIpc) is 2.43. The van der Waals surface area contributed by atoms with E-state index in [1.165, 1.54) is 18.2 Å². The van der Waals surface area contributed by atoms with Crippen molar-refractivity contribution in [1.82, 2.24) is 0 Å². The maximum Gasteiger partial charge on any atom is 0.245 e. The zero-order valence-corrected chi connectivity index (χ0v) is 16.3. The number of halogens is 2. The molecule has 1 amide bonds. The Hall–Kier alpha value is -1.76. The second-order valence-electron chi connectivity index (χ2n) is 5.79. The number of anilines is 2. The Morgan fingerprint density at radius 2 is 1.68 bits per heavy atom. The van der Waals surface area contributed by atoms with Gasteiger partial charge in [0.2, 0.25) is 15.9 Å². The standard InChI is InChI=1S/C17H18Cl2N2O3S/c1-11-6-12(2)8-14(7-11)20-17(22)10-21(25(3,23)24)16-5-4-13(18)9-15(16)19/h4-9H,10H2,1-3H3,(H,20,22). The first-order valence-electron chi connectivity index (χ1n) is 7.37. The van der Waals surface area contributed by atoms with Crippen LogP contribution in [0.5, 0.6) is 0 Å². The minimum absolute atomic E-state index is 0.150. The monoisotopic (exact) mass is 400 g/mol. The van der Waals surface area contributed by atoms with Crippen molar-refractivity contribution in [1.29, 1.82) is 0 Å². The minimum Gasteiger partial charge on any atom is -0.324 e. The molecule has 0 bridgehead atoms. The van der Waals surface area contributed by atoms with E-state index < -0.39 is 22.5 Å². The fraction of sp³-hybridized carbons (Fsp3) is 0.235. The Kier molecular flexibility index (Phi) is 5.98. The molecule has 0 radical (unpaired) electrons. The molecule has 2 aromatic rings. The molecule has 0 aromatic heterocycles. The molecule has 0 unspecified atom stereocenters. The molecule has 0 saturated carbocycles. The maximum absolute atomic E-state index is 12.4. The van der Waals surface area contributed by atoms with Crippen LogP contribution < -0.4 is 9.62 Å². The van der Waals surface area contributed by atoms with Crippen molar-refractivity contribution < 1.29 is 13.2 Å². The van der Waals surface area contributed by atoms with Crippen LogP contribution in [-0.4, -0.2) is 27.1 Å². The van der Waals surface area contributed by atoms with Gasteiger partial charge in [0.1, 0.15) is 6.54 Å². The second-order valence-corrected chi connectivity index (χ2v) is 8.54. The predicted octanol–water partition coefficient (Wildman–Crippen LogP) is 4.01. The highest BCUT2D eigenvalue weighted by Crippen LogP contribution is 2.30. The van der Waals surface area contributed by atoms with Crippen LogP contribution in [0.3, 0.4) is 0 Å². The number of hydrogen-bond donors (Lipinski definition) is 1. The van der Waals surface area contributed by atoms with E-state index in [-0.39, 0.29) is 10.7 Å². The SMILES string of the molecule is Cc1cc(C)cc(NC(=O)CN(c2ccc(Cl)cc2Cl)S(C)(=O)=O)c1. The van der Waals surface area contributed by atoms with Crippen molar-refractivity contribution in [3.05, 3.63) is 57.6 Å². The van der Waals surface area contributed by atoms with Gasteiger partial charge in [0.15, 0.2) is 0 Å². The summed E-state index contributed by atoms with van der Waals surface area (Å²) < 4.78 is 25.2. The van der Waals surface area contributed by atoms with Crippen molar-refractivity contribution in [2.24, 2.45) is 0 Å². The van der Waals surface area contributed by atoms with Gasteiger partial charge < -0.3 is 5.32 Å². The first-order valence-corrected chi connectivity index (χ1v) is 9.97. The number of hydrogen-bond acceptors (Lipinski definition) is 3. The summed E-state index contributed by atoms with van der Waals surface area (Å²) in [6.07, 6.45) is 1.02. The molecule has 0 aliphatic carbocycles. The lowest BCUT2D eigenvalue weighted by atomic mass is 10.1. The largest absolute Gasteiger partial charge is 0.324 e. The summed E-state index contributed by atoms with van der Waals surface area (Å²) in [7, 11) is -3.71. The molecule has 0 atom stereocenters. The number of carbonyl (C=O) groups is 1. The minimum atomic E-state index is -3.71. The fourth-order valence-corrected chi connectivity index (χ4v) is 3.87. The maximum atomic E-state index is 12.4. The third-order valence-corrected chi connectivity index (χ3v) is 5.04. The molecular weight excluding hydrogens is 383 g/mol. The number of nitrogens with one attached hydrogen (secondary N) is 1.